The molecule has 2 rings (SSSR count). The number of unbranched alkanes of at least 4 members (excludes halogenated alkanes) is 2. The van der Waals surface area contributed by atoms with Crippen molar-refractivity contribution >= 4 is 32.0 Å². The molecule has 1 heterocycles. The fourth-order valence-corrected chi connectivity index (χ4v) is 4.79. The standard InChI is InChI=1S/C25H42N3O8P/c1-4-6-12-19(27-23(30)20(13-7-5-2)28-22(29)18-10-8-11-18)16-34-37(33)36-17(3)24(31)35-25(32)21-14-9-15-26-21/h17-21,26H,4-16H2,1-3H3,(H-,27,28,29,30)/p+1/t17?,19?,20?,21-/m0/s1. The zero-order valence-electron chi connectivity index (χ0n) is 22.3. The van der Waals surface area contributed by atoms with E-state index in [0.29, 0.717) is 25.8 Å². The quantitative estimate of drug-likeness (QED) is 0.143. The van der Waals surface area contributed by atoms with Crippen LogP contribution in [-0.4, -0.2) is 61.1 Å². The molecule has 1 aliphatic carbocycles. The molecule has 0 aromatic rings. The van der Waals surface area contributed by atoms with Gasteiger partial charge >= 0.3 is 20.2 Å². The number of esters is 2. The summed E-state index contributed by atoms with van der Waals surface area (Å²) >= 11 is 0. The summed E-state index contributed by atoms with van der Waals surface area (Å²) < 4.78 is 27.6. The molecule has 5 atom stereocenters. The van der Waals surface area contributed by atoms with Crippen LogP contribution in [0.2, 0.25) is 0 Å². The Morgan fingerprint density at radius 1 is 1.00 bits per heavy atom. The topological polar surface area (TPSA) is 149 Å². The van der Waals surface area contributed by atoms with Crippen LogP contribution in [0.4, 0.5) is 0 Å². The maximum atomic E-state index is 13.0. The first-order valence-corrected chi connectivity index (χ1v) is 14.7. The van der Waals surface area contributed by atoms with Crippen LogP contribution in [0.15, 0.2) is 0 Å². The number of ether oxygens (including phenoxy) is 1. The average molecular weight is 545 g/mol. The van der Waals surface area contributed by atoms with E-state index in [1.54, 1.807) is 0 Å². The van der Waals surface area contributed by atoms with E-state index in [9.17, 15) is 23.7 Å². The zero-order valence-corrected chi connectivity index (χ0v) is 23.2. The summed E-state index contributed by atoms with van der Waals surface area (Å²) in [6.07, 6.45) is 7.39. The van der Waals surface area contributed by atoms with Gasteiger partial charge in [0, 0.05) is 10.5 Å². The predicted octanol–water partition coefficient (Wildman–Crippen LogP) is 3.04. The van der Waals surface area contributed by atoms with Crippen LogP contribution >= 0.6 is 8.25 Å². The Balaban J connectivity index is 1.84. The van der Waals surface area contributed by atoms with Crippen molar-refractivity contribution in [2.75, 3.05) is 13.2 Å². The second-order valence-electron chi connectivity index (χ2n) is 9.84. The Kier molecular flexibility index (Phi) is 14.2. The molecule has 0 radical (unpaired) electrons. The number of rotatable bonds is 17. The van der Waals surface area contributed by atoms with Crippen LogP contribution in [0.5, 0.6) is 0 Å². The van der Waals surface area contributed by atoms with Gasteiger partial charge in [-0.2, -0.15) is 0 Å². The lowest BCUT2D eigenvalue weighted by Gasteiger charge is -2.28. The third kappa shape index (κ3) is 11.1. The van der Waals surface area contributed by atoms with Crippen LogP contribution in [-0.2, 0) is 37.5 Å². The second-order valence-corrected chi connectivity index (χ2v) is 10.8. The molecule has 0 bridgehead atoms. The van der Waals surface area contributed by atoms with Crippen molar-refractivity contribution in [2.45, 2.75) is 116 Å². The number of nitrogens with one attached hydrogen (secondary N) is 3. The first-order valence-electron chi connectivity index (χ1n) is 13.6. The molecule has 1 aliphatic heterocycles. The van der Waals surface area contributed by atoms with Crippen molar-refractivity contribution in [3.8, 4) is 0 Å². The first-order chi connectivity index (χ1) is 17.7. The minimum absolute atomic E-state index is 0.0179. The number of carbonyl (C=O) groups excluding carboxylic acids is 4. The van der Waals surface area contributed by atoms with E-state index in [4.69, 9.17) is 13.8 Å². The van der Waals surface area contributed by atoms with Crippen molar-refractivity contribution in [3.63, 3.8) is 0 Å². The van der Waals surface area contributed by atoms with Crippen LogP contribution in [0.1, 0.15) is 91.4 Å². The molecule has 3 N–H and O–H groups in total. The lowest BCUT2D eigenvalue weighted by atomic mass is 9.84. The molecule has 12 heteroatoms. The molecule has 0 spiro atoms. The highest BCUT2D eigenvalue weighted by molar-refractivity contribution is 7.33. The highest BCUT2D eigenvalue weighted by Gasteiger charge is 2.35. The molecule has 1 saturated carbocycles. The maximum Gasteiger partial charge on any atom is 0.698 e. The van der Waals surface area contributed by atoms with Crippen molar-refractivity contribution in [1.82, 2.24) is 16.0 Å². The Labute approximate surface area is 220 Å². The molecular weight excluding hydrogens is 501 g/mol. The molecule has 0 aromatic heterocycles. The van der Waals surface area contributed by atoms with Gasteiger partial charge in [-0.25, -0.2) is 9.59 Å². The van der Waals surface area contributed by atoms with Gasteiger partial charge in [0.2, 0.25) is 17.9 Å². The normalized spacial score (nSPS) is 20.3. The molecule has 11 nitrogen and oxygen atoms in total. The van der Waals surface area contributed by atoms with Gasteiger partial charge in [-0.1, -0.05) is 46.0 Å². The Morgan fingerprint density at radius 2 is 1.70 bits per heavy atom. The van der Waals surface area contributed by atoms with Crippen molar-refractivity contribution in [3.05, 3.63) is 0 Å². The Bertz CT molecular complexity index is 786. The summed E-state index contributed by atoms with van der Waals surface area (Å²) in [6.45, 7) is 5.96. The number of hydrogen-bond donors (Lipinski definition) is 3. The molecule has 2 amide bonds. The van der Waals surface area contributed by atoms with E-state index in [1.807, 2.05) is 13.8 Å². The number of carbonyl (C=O) groups is 4. The lowest BCUT2D eigenvalue weighted by molar-refractivity contribution is -0.165. The average Bonchev–Trinajstić information content (AvgIpc) is 3.37. The predicted molar refractivity (Wildman–Crippen MR) is 136 cm³/mol. The molecular formula is C25H43N3O8P+. The summed E-state index contributed by atoms with van der Waals surface area (Å²) in [5, 5.41) is 8.76. The third-order valence-corrected chi connectivity index (χ3v) is 7.56. The summed E-state index contributed by atoms with van der Waals surface area (Å²) in [6, 6.07) is -1.61. The van der Waals surface area contributed by atoms with Crippen LogP contribution in [0.3, 0.4) is 0 Å². The molecule has 210 valence electrons. The van der Waals surface area contributed by atoms with Gasteiger partial charge < -0.3 is 20.7 Å². The molecule has 1 saturated heterocycles. The van der Waals surface area contributed by atoms with Crippen molar-refractivity contribution < 1.29 is 37.5 Å². The fraction of sp³-hybridized carbons (Fsp3) is 0.840. The van der Waals surface area contributed by atoms with E-state index in [0.717, 1.165) is 51.4 Å². The molecule has 4 unspecified atom stereocenters. The Morgan fingerprint density at radius 3 is 2.30 bits per heavy atom. The fourth-order valence-electron chi connectivity index (χ4n) is 4.08. The van der Waals surface area contributed by atoms with Crippen LogP contribution in [0.25, 0.3) is 0 Å². The SMILES string of the molecule is CCCCC(CO[P+](=O)OC(C)C(=O)OC(=O)[C@@H]1CCCN1)NC(=O)C(CCCC)NC(=O)C1CCC1. The van der Waals surface area contributed by atoms with Gasteiger partial charge in [0.05, 0.1) is 6.04 Å². The van der Waals surface area contributed by atoms with Gasteiger partial charge in [0.1, 0.15) is 18.7 Å². The minimum atomic E-state index is -2.70. The molecule has 0 aromatic carbocycles. The first kappa shape index (κ1) is 31.3. The van der Waals surface area contributed by atoms with Gasteiger partial charge in [-0.05, 0) is 52.0 Å². The van der Waals surface area contributed by atoms with E-state index >= 15 is 0 Å². The highest BCUT2D eigenvalue weighted by Crippen LogP contribution is 2.28. The summed E-state index contributed by atoms with van der Waals surface area (Å²) in [4.78, 5) is 49.6. The number of hydrogen-bond acceptors (Lipinski definition) is 9. The van der Waals surface area contributed by atoms with Gasteiger partial charge in [0.25, 0.3) is 0 Å². The van der Waals surface area contributed by atoms with E-state index in [1.165, 1.54) is 6.92 Å². The maximum absolute atomic E-state index is 13.0. The van der Waals surface area contributed by atoms with Crippen molar-refractivity contribution in [2.24, 2.45) is 5.92 Å². The van der Waals surface area contributed by atoms with Gasteiger partial charge in [-0.3, -0.25) is 9.59 Å². The monoisotopic (exact) mass is 544 g/mol. The molecule has 2 fully saturated rings. The van der Waals surface area contributed by atoms with Crippen LogP contribution in [0, 0.1) is 5.92 Å². The number of amides is 2. The van der Waals surface area contributed by atoms with Gasteiger partial charge in [-0.15, -0.1) is 9.05 Å². The van der Waals surface area contributed by atoms with E-state index in [2.05, 4.69) is 16.0 Å². The largest absolute Gasteiger partial charge is 0.698 e. The lowest BCUT2D eigenvalue weighted by Crippen LogP contribution is -2.52. The summed E-state index contributed by atoms with van der Waals surface area (Å²) in [7, 11) is -2.70. The third-order valence-electron chi connectivity index (χ3n) is 6.71. The van der Waals surface area contributed by atoms with E-state index < -0.39 is 44.4 Å². The van der Waals surface area contributed by atoms with Gasteiger partial charge in [0.15, 0.2) is 0 Å². The Hall–Kier alpha value is -1.94. The van der Waals surface area contributed by atoms with Crippen molar-refractivity contribution in [1.29, 1.82) is 0 Å². The van der Waals surface area contributed by atoms with E-state index in [-0.39, 0.29) is 24.3 Å². The zero-order chi connectivity index (χ0) is 27.2. The second kappa shape index (κ2) is 16.8. The minimum Gasteiger partial charge on any atom is -0.390 e. The van der Waals surface area contributed by atoms with Crippen LogP contribution < -0.4 is 16.0 Å². The molecule has 2 aliphatic rings. The summed E-state index contributed by atoms with van der Waals surface area (Å²) in [5.74, 6) is -2.02. The summed E-state index contributed by atoms with van der Waals surface area (Å²) in [5.41, 5.74) is 0. The molecule has 37 heavy (non-hydrogen) atoms. The smallest absolute Gasteiger partial charge is 0.390 e. The highest BCUT2D eigenvalue weighted by atomic mass is 31.1.